The van der Waals surface area contributed by atoms with Gasteiger partial charge < -0.3 is 5.32 Å². The summed E-state index contributed by atoms with van der Waals surface area (Å²) in [5.41, 5.74) is 3.85. The van der Waals surface area contributed by atoms with E-state index in [2.05, 4.69) is 16.5 Å². The molecule has 2 aromatic carbocycles. The van der Waals surface area contributed by atoms with Crippen LogP contribution in [-0.4, -0.2) is 46.0 Å². The number of halogens is 1. The molecule has 1 aliphatic heterocycles. The minimum Gasteiger partial charge on any atom is -0.309 e. The number of carbonyl (C=O) groups excluding carboxylic acids is 1. The van der Waals surface area contributed by atoms with Crippen LogP contribution in [0.25, 0.3) is 15.3 Å². The minimum atomic E-state index is -3.95. The first-order chi connectivity index (χ1) is 16.6. The Morgan fingerprint density at radius 2 is 1.83 bits per heavy atom. The number of carbonyl (C=O) groups is 1. The number of anilines is 1. The molecule has 1 amide bonds. The summed E-state index contributed by atoms with van der Waals surface area (Å²) in [5, 5.41) is 7.98. The summed E-state index contributed by atoms with van der Waals surface area (Å²) in [4.78, 5) is 17.9. The van der Waals surface area contributed by atoms with Crippen molar-refractivity contribution >= 4 is 43.3 Å². The molecule has 1 fully saturated rings. The highest BCUT2D eigenvalue weighted by Crippen LogP contribution is 2.31. The summed E-state index contributed by atoms with van der Waals surface area (Å²) in [6.07, 6.45) is 0.937. The summed E-state index contributed by atoms with van der Waals surface area (Å²) >= 11 is 1.46. The van der Waals surface area contributed by atoms with Crippen LogP contribution >= 0.6 is 11.3 Å². The van der Waals surface area contributed by atoms with Gasteiger partial charge in [-0.3, -0.25) is 4.79 Å². The van der Waals surface area contributed by atoms with Crippen molar-refractivity contribution in [1.82, 2.24) is 19.1 Å². The van der Waals surface area contributed by atoms with Crippen LogP contribution in [0.2, 0.25) is 0 Å². The average molecular weight is 514 g/mol. The van der Waals surface area contributed by atoms with Gasteiger partial charge in [-0.05, 0) is 81.1 Å². The molecule has 4 aromatic rings. The number of nitrogens with one attached hydrogen (secondary N) is 1. The Balaban J connectivity index is 1.43. The van der Waals surface area contributed by atoms with E-state index in [0.717, 1.165) is 27.9 Å². The maximum atomic E-state index is 13.3. The lowest BCUT2D eigenvalue weighted by Gasteiger charge is -2.23. The van der Waals surface area contributed by atoms with Gasteiger partial charge in [0.25, 0.3) is 0 Å². The van der Waals surface area contributed by atoms with Crippen molar-refractivity contribution in [3.63, 3.8) is 0 Å². The normalized spacial score (nSPS) is 16.7. The molecule has 2 aromatic heterocycles. The maximum Gasteiger partial charge on any atom is 0.243 e. The molecule has 0 bridgehead atoms. The highest BCUT2D eigenvalue weighted by Gasteiger charge is 2.39. The topological polar surface area (TPSA) is 97.2 Å². The zero-order chi connectivity index (χ0) is 24.9. The van der Waals surface area contributed by atoms with E-state index < -0.39 is 27.8 Å². The Morgan fingerprint density at radius 3 is 2.57 bits per heavy atom. The van der Waals surface area contributed by atoms with Crippen molar-refractivity contribution in [2.45, 2.75) is 44.6 Å². The molecule has 1 saturated heterocycles. The number of benzene rings is 2. The molecule has 1 atom stereocenters. The summed E-state index contributed by atoms with van der Waals surface area (Å²) in [6, 6.07) is 9.58. The number of nitrogens with zero attached hydrogens (tertiary/aromatic N) is 4. The fourth-order valence-electron chi connectivity index (χ4n) is 4.23. The van der Waals surface area contributed by atoms with Gasteiger partial charge in [0.1, 0.15) is 17.7 Å². The number of sulfonamides is 1. The van der Waals surface area contributed by atoms with E-state index in [-0.39, 0.29) is 11.4 Å². The Hall–Kier alpha value is -3.15. The van der Waals surface area contributed by atoms with Crippen LogP contribution in [-0.2, 0) is 14.8 Å². The lowest BCUT2D eigenvalue weighted by Crippen LogP contribution is -2.43. The maximum absolute atomic E-state index is 13.3. The highest BCUT2D eigenvalue weighted by atomic mass is 32.2. The Bertz CT molecular complexity index is 1500. The lowest BCUT2D eigenvalue weighted by molar-refractivity contribution is -0.119. The van der Waals surface area contributed by atoms with Crippen LogP contribution in [0.3, 0.4) is 0 Å². The second-order valence-electron chi connectivity index (χ2n) is 8.70. The second kappa shape index (κ2) is 8.81. The van der Waals surface area contributed by atoms with Crippen molar-refractivity contribution < 1.29 is 17.6 Å². The number of fused-ring (bicyclic) bond motifs is 1. The third kappa shape index (κ3) is 4.35. The van der Waals surface area contributed by atoms with Crippen molar-refractivity contribution in [2.24, 2.45) is 0 Å². The SMILES string of the molecule is Cc1cc(NC(=O)C2CCCN2S(=O)(=O)c2ccc(F)cc2)n(-c2nc3cc(C)c(C)cc3s2)n1. The van der Waals surface area contributed by atoms with E-state index in [1.165, 1.54) is 33.3 Å². The number of aromatic nitrogens is 3. The molecular formula is C24H24FN5O3S2. The number of hydrogen-bond donors (Lipinski definition) is 1. The van der Waals surface area contributed by atoms with Crippen molar-refractivity contribution in [2.75, 3.05) is 11.9 Å². The predicted octanol–water partition coefficient (Wildman–Crippen LogP) is 4.34. The van der Waals surface area contributed by atoms with Crippen molar-refractivity contribution in [3.8, 4) is 5.13 Å². The minimum absolute atomic E-state index is 0.0421. The Morgan fingerprint density at radius 1 is 1.11 bits per heavy atom. The van der Waals surface area contributed by atoms with E-state index in [1.807, 2.05) is 26.8 Å². The summed E-state index contributed by atoms with van der Waals surface area (Å²) < 4.78 is 43.4. The van der Waals surface area contributed by atoms with Gasteiger partial charge in [0.15, 0.2) is 0 Å². The van der Waals surface area contributed by atoms with Crippen LogP contribution in [0.5, 0.6) is 0 Å². The number of hydrogen-bond acceptors (Lipinski definition) is 6. The van der Waals surface area contributed by atoms with E-state index >= 15 is 0 Å². The van der Waals surface area contributed by atoms with Gasteiger partial charge in [-0.2, -0.15) is 14.1 Å². The van der Waals surface area contributed by atoms with Crippen LogP contribution in [0, 0.1) is 26.6 Å². The van der Waals surface area contributed by atoms with E-state index in [4.69, 9.17) is 4.98 Å². The summed E-state index contributed by atoms with van der Waals surface area (Å²) in [6.45, 7) is 6.11. The van der Waals surface area contributed by atoms with E-state index in [1.54, 1.807) is 10.7 Å². The number of rotatable bonds is 5. The standard InChI is InChI=1S/C24H24FN5O3S2/c1-14-11-19-21(12-15(14)2)34-24(26-19)30-22(13-16(3)28-30)27-23(31)20-5-4-10-29(20)35(32,33)18-8-6-17(25)7-9-18/h6-9,11-13,20H,4-5,10H2,1-3H3,(H,27,31). The van der Waals surface area contributed by atoms with Gasteiger partial charge in [0.05, 0.1) is 20.8 Å². The molecule has 5 rings (SSSR count). The molecule has 3 heterocycles. The van der Waals surface area contributed by atoms with E-state index in [9.17, 15) is 17.6 Å². The largest absolute Gasteiger partial charge is 0.309 e. The fourth-order valence-corrected chi connectivity index (χ4v) is 6.90. The molecule has 35 heavy (non-hydrogen) atoms. The molecule has 182 valence electrons. The molecule has 0 radical (unpaired) electrons. The van der Waals surface area contributed by atoms with Crippen LogP contribution < -0.4 is 5.32 Å². The lowest BCUT2D eigenvalue weighted by atomic mass is 10.1. The fraction of sp³-hybridized carbons (Fsp3) is 0.292. The molecule has 1 N–H and O–H groups in total. The van der Waals surface area contributed by atoms with Crippen LogP contribution in [0.4, 0.5) is 10.2 Å². The quantitative estimate of drug-likeness (QED) is 0.428. The van der Waals surface area contributed by atoms with Gasteiger partial charge in [0.2, 0.25) is 21.1 Å². The third-order valence-corrected chi connectivity index (χ3v) is 9.10. The molecule has 11 heteroatoms. The van der Waals surface area contributed by atoms with Crippen LogP contribution in [0.1, 0.15) is 29.7 Å². The van der Waals surface area contributed by atoms with Crippen LogP contribution in [0.15, 0.2) is 47.4 Å². The highest BCUT2D eigenvalue weighted by molar-refractivity contribution is 7.89. The third-order valence-electron chi connectivity index (χ3n) is 6.18. The van der Waals surface area contributed by atoms with E-state index in [0.29, 0.717) is 29.5 Å². The van der Waals surface area contributed by atoms with Gasteiger partial charge in [-0.15, -0.1) is 0 Å². The monoisotopic (exact) mass is 513 g/mol. The summed E-state index contributed by atoms with van der Waals surface area (Å²) in [5.74, 6) is -0.545. The average Bonchev–Trinajstić information content (AvgIpc) is 3.53. The smallest absolute Gasteiger partial charge is 0.243 e. The number of amides is 1. The second-order valence-corrected chi connectivity index (χ2v) is 11.6. The Labute approximate surface area is 206 Å². The first kappa shape index (κ1) is 23.6. The molecule has 0 saturated carbocycles. The zero-order valence-corrected chi connectivity index (χ0v) is 21.1. The number of aryl methyl sites for hydroxylation is 3. The Kier molecular flexibility index (Phi) is 5.94. The van der Waals surface area contributed by atoms with Gasteiger partial charge in [-0.25, -0.2) is 17.8 Å². The first-order valence-corrected chi connectivity index (χ1v) is 13.4. The molecule has 0 aliphatic carbocycles. The number of thiazole rings is 1. The summed E-state index contributed by atoms with van der Waals surface area (Å²) in [7, 11) is -3.95. The molecule has 1 aliphatic rings. The first-order valence-electron chi connectivity index (χ1n) is 11.2. The van der Waals surface area contributed by atoms with Crippen molar-refractivity contribution in [3.05, 3.63) is 65.1 Å². The van der Waals surface area contributed by atoms with Gasteiger partial charge in [-0.1, -0.05) is 11.3 Å². The molecular weight excluding hydrogens is 489 g/mol. The van der Waals surface area contributed by atoms with Crippen molar-refractivity contribution in [1.29, 1.82) is 0 Å². The zero-order valence-electron chi connectivity index (χ0n) is 19.4. The van der Waals surface area contributed by atoms with Gasteiger partial charge in [0, 0.05) is 12.6 Å². The predicted molar refractivity (Wildman–Crippen MR) is 133 cm³/mol. The molecule has 0 spiro atoms. The molecule has 8 nitrogen and oxygen atoms in total. The molecule has 1 unspecified atom stereocenters. The van der Waals surface area contributed by atoms with Gasteiger partial charge >= 0.3 is 0 Å².